The molecule has 0 aromatic carbocycles. The summed E-state index contributed by atoms with van der Waals surface area (Å²) in [5, 5.41) is 0. The molecule has 0 spiro atoms. The highest BCUT2D eigenvalue weighted by atomic mass is 16.6. The summed E-state index contributed by atoms with van der Waals surface area (Å²) in [6.45, 7) is 2.94. The van der Waals surface area contributed by atoms with Crippen molar-refractivity contribution in [1.29, 1.82) is 0 Å². The zero-order valence-corrected chi connectivity index (χ0v) is 8.48. The van der Waals surface area contributed by atoms with Gasteiger partial charge in [0.25, 0.3) is 0 Å². The smallest absolute Gasteiger partial charge is 0.0960 e. The summed E-state index contributed by atoms with van der Waals surface area (Å²) in [6, 6.07) is 0.130. The van der Waals surface area contributed by atoms with E-state index < -0.39 is 0 Å². The molecule has 0 aromatic rings. The summed E-state index contributed by atoms with van der Waals surface area (Å²) in [4.78, 5) is 0. The van der Waals surface area contributed by atoms with E-state index in [1.54, 1.807) is 0 Å². The lowest BCUT2D eigenvalue weighted by molar-refractivity contribution is -0.0857. The second kappa shape index (κ2) is 5.07. The van der Waals surface area contributed by atoms with Gasteiger partial charge in [-0.3, -0.25) is 0 Å². The Morgan fingerprint density at radius 2 is 2.21 bits per heavy atom. The minimum absolute atomic E-state index is 0.0629. The average molecular weight is 201 g/mol. The van der Waals surface area contributed by atoms with Gasteiger partial charge in [-0.15, -0.1) is 0 Å². The first-order valence-electron chi connectivity index (χ1n) is 5.43. The van der Waals surface area contributed by atoms with Crippen molar-refractivity contribution in [2.45, 2.75) is 37.5 Å². The minimum atomic E-state index is 0.0629. The fraction of sp³-hybridized carbons (Fsp3) is 1.00. The van der Waals surface area contributed by atoms with Gasteiger partial charge in [-0.2, -0.15) is 0 Å². The van der Waals surface area contributed by atoms with E-state index in [0.29, 0.717) is 13.2 Å². The van der Waals surface area contributed by atoms with Crippen molar-refractivity contribution in [2.24, 2.45) is 5.73 Å². The van der Waals surface area contributed by atoms with Gasteiger partial charge in [0.2, 0.25) is 0 Å². The van der Waals surface area contributed by atoms with Crippen molar-refractivity contribution < 1.29 is 14.2 Å². The molecule has 0 aromatic heterocycles. The van der Waals surface area contributed by atoms with Gasteiger partial charge in [-0.05, 0) is 19.3 Å². The molecule has 2 saturated heterocycles. The molecule has 2 aliphatic rings. The van der Waals surface area contributed by atoms with Crippen LogP contribution in [0, 0.1) is 0 Å². The van der Waals surface area contributed by atoms with Crippen LogP contribution in [0.15, 0.2) is 0 Å². The monoisotopic (exact) mass is 201 g/mol. The van der Waals surface area contributed by atoms with Gasteiger partial charge in [-0.1, -0.05) is 0 Å². The van der Waals surface area contributed by atoms with Gasteiger partial charge in [0, 0.05) is 19.3 Å². The van der Waals surface area contributed by atoms with Gasteiger partial charge in [0.05, 0.1) is 25.4 Å². The summed E-state index contributed by atoms with van der Waals surface area (Å²) in [5.41, 5.74) is 5.92. The Morgan fingerprint density at radius 1 is 1.29 bits per heavy atom. The number of hydrogen-bond acceptors (Lipinski definition) is 4. The van der Waals surface area contributed by atoms with Crippen LogP contribution in [-0.2, 0) is 14.2 Å². The Bertz CT molecular complexity index is 171. The van der Waals surface area contributed by atoms with Crippen molar-refractivity contribution in [1.82, 2.24) is 0 Å². The Labute approximate surface area is 84.7 Å². The molecule has 82 valence electrons. The summed E-state index contributed by atoms with van der Waals surface area (Å²) >= 11 is 0. The zero-order valence-electron chi connectivity index (χ0n) is 8.48. The van der Waals surface area contributed by atoms with Crippen LogP contribution in [0.25, 0.3) is 0 Å². The van der Waals surface area contributed by atoms with Crippen molar-refractivity contribution in [3.63, 3.8) is 0 Å². The first-order chi connectivity index (χ1) is 6.86. The van der Waals surface area contributed by atoms with Crippen LogP contribution in [0.2, 0.25) is 0 Å². The van der Waals surface area contributed by atoms with Gasteiger partial charge in [0.1, 0.15) is 0 Å². The third kappa shape index (κ3) is 2.67. The molecule has 2 fully saturated rings. The van der Waals surface area contributed by atoms with Gasteiger partial charge < -0.3 is 19.9 Å². The standard InChI is InChI=1S/C10H19NO3/c11-9-3-5-12-7-10(9)14-6-8-2-1-4-13-8/h8-10H,1-7,11H2. The van der Waals surface area contributed by atoms with E-state index in [4.69, 9.17) is 19.9 Å². The van der Waals surface area contributed by atoms with Crippen molar-refractivity contribution in [3.8, 4) is 0 Å². The van der Waals surface area contributed by atoms with E-state index in [9.17, 15) is 0 Å². The first-order valence-corrected chi connectivity index (χ1v) is 5.43. The van der Waals surface area contributed by atoms with Crippen LogP contribution in [0.4, 0.5) is 0 Å². The maximum atomic E-state index is 5.92. The molecule has 0 aliphatic carbocycles. The van der Waals surface area contributed by atoms with E-state index in [2.05, 4.69) is 0 Å². The maximum Gasteiger partial charge on any atom is 0.0960 e. The first kappa shape index (κ1) is 10.4. The molecule has 3 atom stereocenters. The molecular weight excluding hydrogens is 182 g/mol. The molecule has 0 bridgehead atoms. The number of nitrogens with two attached hydrogens (primary N) is 1. The summed E-state index contributed by atoms with van der Waals surface area (Å²) in [7, 11) is 0. The average Bonchev–Trinajstić information content (AvgIpc) is 2.69. The molecular formula is C10H19NO3. The second-order valence-corrected chi connectivity index (χ2v) is 4.03. The van der Waals surface area contributed by atoms with Crippen molar-refractivity contribution in [2.75, 3.05) is 26.4 Å². The van der Waals surface area contributed by atoms with E-state index in [1.807, 2.05) is 0 Å². The molecule has 14 heavy (non-hydrogen) atoms. The third-order valence-electron chi connectivity index (χ3n) is 2.88. The lowest BCUT2D eigenvalue weighted by atomic mass is 10.1. The largest absolute Gasteiger partial charge is 0.379 e. The van der Waals surface area contributed by atoms with Gasteiger partial charge >= 0.3 is 0 Å². The number of rotatable bonds is 3. The van der Waals surface area contributed by atoms with Crippen molar-refractivity contribution >= 4 is 0 Å². The van der Waals surface area contributed by atoms with Crippen molar-refractivity contribution in [3.05, 3.63) is 0 Å². The molecule has 2 rings (SSSR count). The molecule has 2 heterocycles. The third-order valence-corrected chi connectivity index (χ3v) is 2.88. The molecule has 3 unspecified atom stereocenters. The highest BCUT2D eigenvalue weighted by Crippen LogP contribution is 2.15. The van der Waals surface area contributed by atoms with Crippen LogP contribution in [0.5, 0.6) is 0 Å². The molecule has 4 heteroatoms. The maximum absolute atomic E-state index is 5.92. The highest BCUT2D eigenvalue weighted by Gasteiger charge is 2.25. The van der Waals surface area contributed by atoms with Crippen LogP contribution in [0.1, 0.15) is 19.3 Å². The van der Waals surface area contributed by atoms with Crippen LogP contribution < -0.4 is 5.73 Å². The summed E-state index contributed by atoms with van der Waals surface area (Å²) in [5.74, 6) is 0. The quantitative estimate of drug-likeness (QED) is 0.713. The van der Waals surface area contributed by atoms with Crippen LogP contribution in [-0.4, -0.2) is 44.7 Å². The second-order valence-electron chi connectivity index (χ2n) is 4.03. The van der Waals surface area contributed by atoms with Gasteiger partial charge in [0.15, 0.2) is 0 Å². The Balaban J connectivity index is 1.67. The zero-order chi connectivity index (χ0) is 9.80. The Kier molecular flexibility index (Phi) is 3.75. The Morgan fingerprint density at radius 3 is 2.93 bits per heavy atom. The number of hydrogen-bond donors (Lipinski definition) is 1. The van der Waals surface area contributed by atoms with Crippen LogP contribution in [0.3, 0.4) is 0 Å². The van der Waals surface area contributed by atoms with E-state index in [0.717, 1.165) is 32.5 Å². The SMILES string of the molecule is NC1CCOCC1OCC1CCCO1. The van der Waals surface area contributed by atoms with E-state index >= 15 is 0 Å². The van der Waals surface area contributed by atoms with Gasteiger partial charge in [-0.25, -0.2) is 0 Å². The van der Waals surface area contributed by atoms with E-state index in [-0.39, 0.29) is 18.2 Å². The lowest BCUT2D eigenvalue weighted by Gasteiger charge is -2.29. The fourth-order valence-electron chi connectivity index (χ4n) is 1.91. The molecule has 2 aliphatic heterocycles. The highest BCUT2D eigenvalue weighted by molar-refractivity contribution is 4.77. The summed E-state index contributed by atoms with van der Waals surface area (Å²) in [6.07, 6.45) is 3.51. The molecule has 4 nitrogen and oxygen atoms in total. The lowest BCUT2D eigenvalue weighted by Crippen LogP contribution is -2.45. The Hall–Kier alpha value is -0.160. The molecule has 2 N–H and O–H groups in total. The topological polar surface area (TPSA) is 53.7 Å². The molecule has 0 radical (unpaired) electrons. The summed E-state index contributed by atoms with van der Waals surface area (Å²) < 4.78 is 16.5. The van der Waals surface area contributed by atoms with Crippen LogP contribution >= 0.6 is 0 Å². The minimum Gasteiger partial charge on any atom is -0.379 e. The predicted octanol–water partition coefficient (Wildman–Crippen LogP) is 0.298. The van der Waals surface area contributed by atoms with E-state index in [1.165, 1.54) is 0 Å². The number of ether oxygens (including phenoxy) is 3. The molecule has 0 saturated carbocycles. The predicted molar refractivity (Wildman–Crippen MR) is 52.1 cm³/mol. The fourth-order valence-corrected chi connectivity index (χ4v) is 1.91. The molecule has 0 amide bonds. The normalized spacial score (nSPS) is 38.8.